The van der Waals surface area contributed by atoms with Crippen molar-refractivity contribution in [3.05, 3.63) is 24.3 Å². The maximum absolute atomic E-state index is 12.1. The molecule has 1 fully saturated rings. The summed E-state index contributed by atoms with van der Waals surface area (Å²) in [5.74, 6) is 0.00900. The lowest BCUT2D eigenvalue weighted by molar-refractivity contribution is -0.152. The molecular formula is C18H25NO6. The minimum absolute atomic E-state index is 0.201. The van der Waals surface area contributed by atoms with Crippen molar-refractivity contribution in [3.63, 3.8) is 0 Å². The third kappa shape index (κ3) is 5.35. The van der Waals surface area contributed by atoms with Crippen LogP contribution in [-0.2, 0) is 14.3 Å². The van der Waals surface area contributed by atoms with Gasteiger partial charge in [0.05, 0.1) is 13.2 Å². The number of hydrogen-bond acceptors (Lipinski definition) is 5. The van der Waals surface area contributed by atoms with Crippen LogP contribution in [0.3, 0.4) is 0 Å². The van der Waals surface area contributed by atoms with Crippen molar-refractivity contribution < 1.29 is 28.9 Å². The molecule has 1 aliphatic rings. The zero-order valence-electron chi connectivity index (χ0n) is 14.5. The number of nitrogens with one attached hydrogen (secondary N) is 1. The topological polar surface area (TPSA) is 94.1 Å². The van der Waals surface area contributed by atoms with Gasteiger partial charge in [0.15, 0.2) is 11.5 Å². The molecule has 1 aromatic rings. The van der Waals surface area contributed by atoms with E-state index < -0.39 is 11.5 Å². The fraction of sp³-hybridized carbons (Fsp3) is 0.556. The average molecular weight is 351 g/mol. The molecule has 1 heterocycles. The highest BCUT2D eigenvalue weighted by Gasteiger charge is 2.41. The van der Waals surface area contributed by atoms with Gasteiger partial charge in [-0.1, -0.05) is 12.1 Å². The molecule has 0 atom stereocenters. The number of para-hydroxylation sites is 2. The van der Waals surface area contributed by atoms with Crippen LogP contribution in [0.25, 0.3) is 0 Å². The molecule has 7 nitrogen and oxygen atoms in total. The monoisotopic (exact) mass is 351 g/mol. The number of carbonyl (C=O) groups is 2. The lowest BCUT2D eigenvalue weighted by atomic mass is 9.90. The Morgan fingerprint density at radius 1 is 1.20 bits per heavy atom. The number of carboxylic acid groups (broad SMARTS) is 1. The maximum atomic E-state index is 12.1. The molecule has 2 rings (SSSR count). The van der Waals surface area contributed by atoms with Crippen LogP contribution < -0.4 is 14.8 Å². The highest BCUT2D eigenvalue weighted by molar-refractivity contribution is 5.87. The zero-order valence-corrected chi connectivity index (χ0v) is 14.5. The predicted octanol–water partition coefficient (Wildman–Crippen LogP) is 1.99. The maximum Gasteiger partial charge on any atom is 0.329 e. The molecule has 0 aliphatic carbocycles. The van der Waals surface area contributed by atoms with E-state index in [9.17, 15) is 14.7 Å². The van der Waals surface area contributed by atoms with Crippen LogP contribution in [0.15, 0.2) is 24.3 Å². The Kier molecular flexibility index (Phi) is 7.06. The highest BCUT2D eigenvalue weighted by Crippen LogP contribution is 2.26. The Morgan fingerprint density at radius 2 is 1.84 bits per heavy atom. The Morgan fingerprint density at radius 3 is 2.44 bits per heavy atom. The van der Waals surface area contributed by atoms with Crippen LogP contribution in [0.1, 0.15) is 32.6 Å². The van der Waals surface area contributed by atoms with Gasteiger partial charge in [-0.05, 0) is 25.5 Å². The molecule has 138 valence electrons. The summed E-state index contributed by atoms with van der Waals surface area (Å²) in [6.45, 7) is 3.47. The summed E-state index contributed by atoms with van der Waals surface area (Å²) in [5, 5.41) is 12.1. The fourth-order valence-corrected chi connectivity index (χ4v) is 2.70. The number of aliphatic carboxylic acids is 1. The Balaban J connectivity index is 1.78. The van der Waals surface area contributed by atoms with E-state index in [4.69, 9.17) is 14.2 Å². The smallest absolute Gasteiger partial charge is 0.329 e. The standard InChI is InChI=1S/C18H25NO6/c1-2-24-14-6-3-4-7-15(14)25-11-5-8-16(20)19-18(17(21)22)9-12-23-13-10-18/h3-4,6-7H,2,5,8-13H2,1H3,(H,19,20)(H,21,22). The van der Waals surface area contributed by atoms with E-state index in [2.05, 4.69) is 5.32 Å². The molecule has 25 heavy (non-hydrogen) atoms. The predicted molar refractivity (Wildman–Crippen MR) is 90.9 cm³/mol. The molecule has 0 unspecified atom stereocenters. The number of rotatable bonds is 9. The molecule has 0 radical (unpaired) electrons. The quantitative estimate of drug-likeness (QED) is 0.661. The lowest BCUT2D eigenvalue weighted by Gasteiger charge is -2.33. The number of ether oxygens (including phenoxy) is 3. The second-order valence-corrected chi connectivity index (χ2v) is 5.88. The van der Waals surface area contributed by atoms with Crippen LogP contribution in [0, 0.1) is 0 Å². The largest absolute Gasteiger partial charge is 0.490 e. The van der Waals surface area contributed by atoms with Gasteiger partial charge in [-0.3, -0.25) is 4.79 Å². The SMILES string of the molecule is CCOc1ccccc1OCCCC(=O)NC1(C(=O)O)CCOCC1. The van der Waals surface area contributed by atoms with Crippen LogP contribution in [0.2, 0.25) is 0 Å². The van der Waals surface area contributed by atoms with Crippen molar-refractivity contribution in [3.8, 4) is 11.5 Å². The molecule has 1 saturated heterocycles. The summed E-state index contributed by atoms with van der Waals surface area (Å²) in [4.78, 5) is 23.6. The van der Waals surface area contributed by atoms with Crippen molar-refractivity contribution in [2.45, 2.75) is 38.1 Å². The third-order valence-corrected chi connectivity index (χ3v) is 4.09. The molecule has 0 aromatic heterocycles. The van der Waals surface area contributed by atoms with Gasteiger partial charge >= 0.3 is 5.97 Å². The van der Waals surface area contributed by atoms with Gasteiger partial charge in [-0.2, -0.15) is 0 Å². The van der Waals surface area contributed by atoms with E-state index in [0.717, 1.165) is 0 Å². The molecule has 1 aliphatic heterocycles. The van der Waals surface area contributed by atoms with E-state index in [1.54, 1.807) is 0 Å². The van der Waals surface area contributed by atoms with Gasteiger partial charge in [0.1, 0.15) is 5.54 Å². The van der Waals surface area contributed by atoms with Crippen LogP contribution in [0.5, 0.6) is 11.5 Å². The lowest BCUT2D eigenvalue weighted by Crippen LogP contribution is -2.57. The molecule has 0 saturated carbocycles. The van der Waals surface area contributed by atoms with Crippen LogP contribution in [-0.4, -0.2) is 48.9 Å². The fourth-order valence-electron chi connectivity index (χ4n) is 2.70. The first-order valence-electron chi connectivity index (χ1n) is 8.54. The molecular weight excluding hydrogens is 326 g/mol. The summed E-state index contributed by atoms with van der Waals surface area (Å²) in [5.41, 5.74) is -1.21. The highest BCUT2D eigenvalue weighted by atomic mass is 16.5. The van der Waals surface area contributed by atoms with E-state index in [-0.39, 0.29) is 25.2 Å². The van der Waals surface area contributed by atoms with E-state index in [1.165, 1.54) is 0 Å². The normalized spacial score (nSPS) is 16.0. The number of carbonyl (C=O) groups excluding carboxylic acids is 1. The number of carboxylic acids is 1. The molecule has 7 heteroatoms. The minimum atomic E-state index is -1.21. The Bertz CT molecular complexity index is 583. The van der Waals surface area contributed by atoms with Crippen LogP contribution >= 0.6 is 0 Å². The number of benzene rings is 1. The molecule has 0 bridgehead atoms. The summed E-state index contributed by atoms with van der Waals surface area (Å²) in [7, 11) is 0. The van der Waals surface area contributed by atoms with E-state index >= 15 is 0 Å². The van der Waals surface area contributed by atoms with E-state index in [1.807, 2.05) is 31.2 Å². The first-order valence-corrected chi connectivity index (χ1v) is 8.54. The first kappa shape index (κ1) is 19.1. The molecule has 0 spiro atoms. The van der Waals surface area contributed by atoms with Crippen molar-refractivity contribution in [1.29, 1.82) is 0 Å². The van der Waals surface area contributed by atoms with Gasteiger partial charge < -0.3 is 24.6 Å². The second-order valence-electron chi connectivity index (χ2n) is 5.88. The van der Waals surface area contributed by atoms with Gasteiger partial charge in [-0.15, -0.1) is 0 Å². The molecule has 2 N–H and O–H groups in total. The molecule has 1 aromatic carbocycles. The average Bonchev–Trinajstić information content (AvgIpc) is 2.61. The third-order valence-electron chi connectivity index (χ3n) is 4.09. The Labute approximate surface area is 147 Å². The van der Waals surface area contributed by atoms with Crippen LogP contribution in [0.4, 0.5) is 0 Å². The summed E-state index contributed by atoms with van der Waals surface area (Å²) in [6, 6.07) is 7.36. The first-order chi connectivity index (χ1) is 12.1. The van der Waals surface area contributed by atoms with Gasteiger partial charge in [0.25, 0.3) is 0 Å². The second kappa shape index (κ2) is 9.27. The summed E-state index contributed by atoms with van der Waals surface area (Å²) >= 11 is 0. The van der Waals surface area contributed by atoms with Crippen molar-refractivity contribution in [2.75, 3.05) is 26.4 Å². The van der Waals surface area contributed by atoms with Crippen molar-refractivity contribution in [2.24, 2.45) is 0 Å². The van der Waals surface area contributed by atoms with Gasteiger partial charge in [-0.25, -0.2) is 4.79 Å². The zero-order chi connectivity index (χ0) is 18.1. The summed E-state index contributed by atoms with van der Waals surface area (Å²) in [6.07, 6.45) is 1.25. The van der Waals surface area contributed by atoms with Crippen molar-refractivity contribution in [1.82, 2.24) is 5.32 Å². The van der Waals surface area contributed by atoms with Gasteiger partial charge in [0, 0.05) is 32.5 Å². The number of amides is 1. The summed E-state index contributed by atoms with van der Waals surface area (Å²) < 4.78 is 16.3. The van der Waals surface area contributed by atoms with Crippen molar-refractivity contribution >= 4 is 11.9 Å². The van der Waals surface area contributed by atoms with E-state index in [0.29, 0.717) is 44.3 Å². The minimum Gasteiger partial charge on any atom is -0.490 e. The number of hydrogen-bond donors (Lipinski definition) is 2. The van der Waals surface area contributed by atoms with Gasteiger partial charge in [0.2, 0.25) is 5.91 Å². The Hall–Kier alpha value is -2.28. The molecule has 1 amide bonds.